The van der Waals surface area contributed by atoms with Crippen LogP contribution in [0.2, 0.25) is 0 Å². The number of aryl methyl sites for hydroxylation is 1. The standard InChI is InChI=1S/C26H39N3O4S/c1-15(2)23(28-25(31)26-12-18-8-19(13-26)10-20(9-18)14-26)24(30)27-22-11-21(7-16(3)17(22)4)34(32,33)29(5)6/h7,11,15,18-20,23H,8-10,12-14H2,1-6H3,(H,27,30)(H,28,31)/t18?,19?,20?,23-,26?/m0/s1. The third-order valence-corrected chi connectivity index (χ3v) is 10.2. The number of benzene rings is 1. The number of carbonyl (C=O) groups excluding carboxylic acids is 2. The topological polar surface area (TPSA) is 95.6 Å². The van der Waals surface area contributed by atoms with Gasteiger partial charge in [0.1, 0.15) is 6.04 Å². The van der Waals surface area contributed by atoms with Crippen LogP contribution in [0, 0.1) is 42.9 Å². The van der Waals surface area contributed by atoms with Crippen LogP contribution < -0.4 is 10.6 Å². The predicted octanol–water partition coefficient (Wildman–Crippen LogP) is 3.85. The molecule has 0 aliphatic heterocycles. The Kier molecular flexibility index (Phi) is 6.62. The normalized spacial score (nSPS) is 28.9. The van der Waals surface area contributed by atoms with Crippen LogP contribution in [0.1, 0.15) is 63.5 Å². The molecule has 1 atom stereocenters. The molecule has 0 saturated heterocycles. The van der Waals surface area contributed by atoms with E-state index in [1.807, 2.05) is 27.7 Å². The average Bonchev–Trinajstić information content (AvgIpc) is 2.73. The van der Waals surface area contributed by atoms with Crippen molar-refractivity contribution in [2.75, 3.05) is 19.4 Å². The van der Waals surface area contributed by atoms with Gasteiger partial charge in [-0.3, -0.25) is 9.59 Å². The second-order valence-corrected chi connectivity index (χ2v) is 13.7. The van der Waals surface area contributed by atoms with Gasteiger partial charge in [0.25, 0.3) is 0 Å². The van der Waals surface area contributed by atoms with E-state index in [4.69, 9.17) is 0 Å². The molecule has 4 aliphatic rings. The molecular weight excluding hydrogens is 450 g/mol. The van der Waals surface area contributed by atoms with Crippen molar-refractivity contribution < 1.29 is 18.0 Å². The van der Waals surface area contributed by atoms with E-state index >= 15 is 0 Å². The van der Waals surface area contributed by atoms with Gasteiger partial charge in [0.05, 0.1) is 4.90 Å². The van der Waals surface area contributed by atoms with E-state index in [1.165, 1.54) is 39.4 Å². The maximum Gasteiger partial charge on any atom is 0.247 e. The van der Waals surface area contributed by atoms with Gasteiger partial charge in [-0.15, -0.1) is 0 Å². The van der Waals surface area contributed by atoms with Crippen molar-refractivity contribution in [1.82, 2.24) is 9.62 Å². The second-order valence-electron chi connectivity index (χ2n) is 11.6. The summed E-state index contributed by atoms with van der Waals surface area (Å²) in [4.78, 5) is 27.1. The van der Waals surface area contributed by atoms with Gasteiger partial charge in [-0.25, -0.2) is 12.7 Å². The number of anilines is 1. The maximum absolute atomic E-state index is 13.6. The third kappa shape index (κ3) is 4.51. The van der Waals surface area contributed by atoms with E-state index < -0.39 is 16.1 Å². The zero-order chi connectivity index (χ0) is 25.0. The van der Waals surface area contributed by atoms with Gasteiger partial charge in [-0.1, -0.05) is 13.8 Å². The summed E-state index contributed by atoms with van der Waals surface area (Å²) < 4.78 is 26.5. The van der Waals surface area contributed by atoms with Crippen molar-refractivity contribution in [2.45, 2.75) is 77.2 Å². The number of sulfonamides is 1. The monoisotopic (exact) mass is 489 g/mol. The highest BCUT2D eigenvalue weighted by Crippen LogP contribution is 2.60. The summed E-state index contributed by atoms with van der Waals surface area (Å²) in [6.45, 7) is 7.54. The van der Waals surface area contributed by atoms with E-state index in [0.717, 1.165) is 34.7 Å². The molecule has 2 N–H and O–H groups in total. The fourth-order valence-corrected chi connectivity index (χ4v) is 7.76. The molecule has 0 radical (unpaired) electrons. The second kappa shape index (κ2) is 8.94. The van der Waals surface area contributed by atoms with Crippen molar-refractivity contribution in [3.05, 3.63) is 23.3 Å². The minimum Gasteiger partial charge on any atom is -0.344 e. The molecule has 1 aromatic rings. The van der Waals surface area contributed by atoms with Crippen LogP contribution in [-0.2, 0) is 19.6 Å². The summed E-state index contributed by atoms with van der Waals surface area (Å²) in [5, 5.41) is 6.04. The summed E-state index contributed by atoms with van der Waals surface area (Å²) in [6, 6.07) is 2.44. The van der Waals surface area contributed by atoms with Crippen molar-refractivity contribution in [3.63, 3.8) is 0 Å². The molecule has 4 bridgehead atoms. The molecule has 0 heterocycles. The molecule has 0 spiro atoms. The summed E-state index contributed by atoms with van der Waals surface area (Å²) in [5.41, 5.74) is 1.71. The average molecular weight is 490 g/mol. The molecule has 0 unspecified atom stereocenters. The number of nitrogens with one attached hydrogen (secondary N) is 2. The van der Waals surface area contributed by atoms with Crippen LogP contribution in [-0.4, -0.2) is 44.7 Å². The molecule has 4 aliphatic carbocycles. The zero-order valence-corrected chi connectivity index (χ0v) is 22.1. The van der Waals surface area contributed by atoms with E-state index in [0.29, 0.717) is 23.4 Å². The first-order valence-electron chi connectivity index (χ1n) is 12.5. The molecule has 8 heteroatoms. The Hall–Kier alpha value is -1.93. The van der Waals surface area contributed by atoms with E-state index in [2.05, 4.69) is 10.6 Å². The summed E-state index contributed by atoms with van der Waals surface area (Å²) in [7, 11) is -0.676. The molecular formula is C26H39N3O4S. The Balaban J connectivity index is 1.54. The Morgan fingerprint density at radius 3 is 2.00 bits per heavy atom. The van der Waals surface area contributed by atoms with E-state index in [-0.39, 0.29) is 28.0 Å². The fraction of sp³-hybridized carbons (Fsp3) is 0.692. The van der Waals surface area contributed by atoms with Gasteiger partial charge in [0, 0.05) is 25.2 Å². The fourth-order valence-electron chi connectivity index (χ4n) is 6.74. The van der Waals surface area contributed by atoms with Crippen molar-refractivity contribution in [1.29, 1.82) is 0 Å². The first-order chi connectivity index (χ1) is 15.8. The van der Waals surface area contributed by atoms with Crippen LogP contribution in [0.25, 0.3) is 0 Å². The Labute approximate surface area is 204 Å². The highest BCUT2D eigenvalue weighted by atomic mass is 32.2. The van der Waals surface area contributed by atoms with Gasteiger partial charge in [-0.05, 0) is 99.3 Å². The van der Waals surface area contributed by atoms with Crippen molar-refractivity contribution >= 4 is 27.5 Å². The van der Waals surface area contributed by atoms with Crippen LogP contribution >= 0.6 is 0 Å². The number of hydrogen-bond acceptors (Lipinski definition) is 4. The lowest BCUT2D eigenvalue weighted by Gasteiger charge is -2.55. The molecule has 0 aromatic heterocycles. The first kappa shape index (κ1) is 25.2. The van der Waals surface area contributed by atoms with Crippen molar-refractivity contribution in [3.8, 4) is 0 Å². The molecule has 1 aromatic carbocycles. The molecule has 5 rings (SSSR count). The SMILES string of the molecule is Cc1cc(S(=O)(=O)N(C)C)cc(NC(=O)[C@@H](NC(=O)C23CC4CC(CC(C4)C2)C3)C(C)C)c1C. The van der Waals surface area contributed by atoms with Gasteiger partial charge in [0.15, 0.2) is 0 Å². The first-order valence-corrected chi connectivity index (χ1v) is 13.9. The number of hydrogen-bond donors (Lipinski definition) is 2. The van der Waals surface area contributed by atoms with Crippen LogP contribution in [0.5, 0.6) is 0 Å². The van der Waals surface area contributed by atoms with Crippen LogP contribution in [0.3, 0.4) is 0 Å². The number of rotatable bonds is 7. The lowest BCUT2D eigenvalue weighted by atomic mass is 9.49. The highest BCUT2D eigenvalue weighted by molar-refractivity contribution is 7.89. The van der Waals surface area contributed by atoms with Gasteiger partial charge in [-0.2, -0.15) is 0 Å². The molecule has 188 valence electrons. The predicted molar refractivity (Wildman–Crippen MR) is 133 cm³/mol. The molecule has 7 nitrogen and oxygen atoms in total. The minimum atomic E-state index is -3.64. The Bertz CT molecular complexity index is 1060. The lowest BCUT2D eigenvalue weighted by molar-refractivity contribution is -0.148. The molecule has 2 amide bonds. The number of carbonyl (C=O) groups is 2. The quantitative estimate of drug-likeness (QED) is 0.608. The third-order valence-electron chi connectivity index (χ3n) is 8.43. The van der Waals surface area contributed by atoms with Crippen LogP contribution in [0.4, 0.5) is 5.69 Å². The largest absolute Gasteiger partial charge is 0.344 e. The Morgan fingerprint density at radius 2 is 1.53 bits per heavy atom. The summed E-state index contributed by atoms with van der Waals surface area (Å²) in [6.07, 6.45) is 6.60. The van der Waals surface area contributed by atoms with Crippen LogP contribution in [0.15, 0.2) is 17.0 Å². The molecule has 4 saturated carbocycles. The molecule has 4 fully saturated rings. The number of nitrogens with zero attached hydrogens (tertiary/aromatic N) is 1. The Morgan fingerprint density at radius 1 is 1.00 bits per heavy atom. The summed E-state index contributed by atoms with van der Waals surface area (Å²) in [5.74, 6) is 1.56. The van der Waals surface area contributed by atoms with Gasteiger partial charge in [0.2, 0.25) is 21.8 Å². The smallest absolute Gasteiger partial charge is 0.247 e. The maximum atomic E-state index is 13.6. The van der Waals surface area contributed by atoms with E-state index in [9.17, 15) is 18.0 Å². The number of amides is 2. The van der Waals surface area contributed by atoms with E-state index in [1.54, 1.807) is 6.07 Å². The highest BCUT2D eigenvalue weighted by Gasteiger charge is 2.55. The van der Waals surface area contributed by atoms with Gasteiger partial charge < -0.3 is 10.6 Å². The lowest BCUT2D eigenvalue weighted by Crippen LogP contribution is -2.57. The van der Waals surface area contributed by atoms with Gasteiger partial charge >= 0.3 is 0 Å². The molecule has 34 heavy (non-hydrogen) atoms. The summed E-state index contributed by atoms with van der Waals surface area (Å²) >= 11 is 0. The van der Waals surface area contributed by atoms with Crippen molar-refractivity contribution in [2.24, 2.45) is 29.1 Å². The zero-order valence-electron chi connectivity index (χ0n) is 21.3. The minimum absolute atomic E-state index is 0.0253.